The smallest absolute Gasteiger partial charge is 0.232 e. The predicted octanol–water partition coefficient (Wildman–Crippen LogP) is 3.63. The summed E-state index contributed by atoms with van der Waals surface area (Å²) in [6.45, 7) is 4.17. The number of rotatable bonds is 4. The second kappa shape index (κ2) is 6.76. The average Bonchev–Trinajstić information content (AvgIpc) is 2.57. The summed E-state index contributed by atoms with van der Waals surface area (Å²) in [5.41, 5.74) is 2.35. The van der Waals surface area contributed by atoms with Gasteiger partial charge in [0.2, 0.25) is 6.29 Å². The zero-order valence-electron chi connectivity index (χ0n) is 13.6. The van der Waals surface area contributed by atoms with Gasteiger partial charge in [-0.1, -0.05) is 23.8 Å². The monoisotopic (exact) mass is 325 g/mol. The SMILES string of the molecule is CCO[C@H]1Oc2ccc(C)cc2C(=O)/C1=C\Nc1ccccc1O. The first kappa shape index (κ1) is 16.1. The zero-order chi connectivity index (χ0) is 17.1. The highest BCUT2D eigenvalue weighted by Crippen LogP contribution is 2.32. The Kier molecular flexibility index (Phi) is 4.53. The highest BCUT2D eigenvalue weighted by Gasteiger charge is 2.32. The van der Waals surface area contributed by atoms with Crippen LogP contribution in [0.5, 0.6) is 11.5 Å². The molecule has 0 fully saturated rings. The number of para-hydroxylation sites is 2. The summed E-state index contributed by atoms with van der Waals surface area (Å²) in [6, 6.07) is 12.3. The summed E-state index contributed by atoms with van der Waals surface area (Å²) in [4.78, 5) is 12.8. The van der Waals surface area contributed by atoms with E-state index in [4.69, 9.17) is 9.47 Å². The van der Waals surface area contributed by atoms with E-state index in [0.717, 1.165) is 5.56 Å². The Bertz CT molecular complexity index is 798. The second-order valence-electron chi connectivity index (χ2n) is 5.50. The van der Waals surface area contributed by atoms with Gasteiger partial charge in [0.25, 0.3) is 0 Å². The number of Topliss-reactive ketones (excluding diaryl/α,β-unsaturated/α-hetero) is 1. The summed E-state index contributed by atoms with van der Waals surface area (Å²) in [5, 5.41) is 12.8. The van der Waals surface area contributed by atoms with Crippen LogP contribution in [-0.4, -0.2) is 23.8 Å². The van der Waals surface area contributed by atoms with Crippen molar-refractivity contribution in [3.63, 3.8) is 0 Å². The van der Waals surface area contributed by atoms with Gasteiger partial charge in [0.15, 0.2) is 5.78 Å². The van der Waals surface area contributed by atoms with Crippen molar-refractivity contribution in [2.45, 2.75) is 20.1 Å². The van der Waals surface area contributed by atoms with Gasteiger partial charge in [-0.25, -0.2) is 0 Å². The van der Waals surface area contributed by atoms with E-state index in [2.05, 4.69) is 5.32 Å². The van der Waals surface area contributed by atoms with Crippen molar-refractivity contribution in [3.8, 4) is 11.5 Å². The minimum absolute atomic E-state index is 0.0998. The van der Waals surface area contributed by atoms with Crippen molar-refractivity contribution in [2.75, 3.05) is 11.9 Å². The van der Waals surface area contributed by atoms with Gasteiger partial charge in [-0.2, -0.15) is 0 Å². The fourth-order valence-corrected chi connectivity index (χ4v) is 2.53. The largest absolute Gasteiger partial charge is 0.506 e. The third-order valence-corrected chi connectivity index (χ3v) is 3.74. The maximum atomic E-state index is 12.8. The van der Waals surface area contributed by atoms with Crippen molar-refractivity contribution in [1.82, 2.24) is 0 Å². The first-order valence-electron chi connectivity index (χ1n) is 7.78. The summed E-state index contributed by atoms with van der Waals surface area (Å²) < 4.78 is 11.4. The Morgan fingerprint density at radius 2 is 2.08 bits per heavy atom. The molecule has 3 rings (SSSR count). The van der Waals surface area contributed by atoms with E-state index in [0.29, 0.717) is 29.2 Å². The van der Waals surface area contributed by atoms with Crippen LogP contribution < -0.4 is 10.1 Å². The van der Waals surface area contributed by atoms with Crippen LogP contribution in [0.2, 0.25) is 0 Å². The molecular weight excluding hydrogens is 306 g/mol. The van der Waals surface area contributed by atoms with Gasteiger partial charge in [-0.05, 0) is 38.1 Å². The maximum absolute atomic E-state index is 12.8. The number of carbonyl (C=O) groups is 1. The lowest BCUT2D eigenvalue weighted by Crippen LogP contribution is -2.33. The number of hydrogen-bond donors (Lipinski definition) is 2. The van der Waals surface area contributed by atoms with Gasteiger partial charge >= 0.3 is 0 Å². The van der Waals surface area contributed by atoms with Crippen LogP contribution in [0.1, 0.15) is 22.8 Å². The van der Waals surface area contributed by atoms with E-state index in [1.807, 2.05) is 19.9 Å². The van der Waals surface area contributed by atoms with Gasteiger partial charge < -0.3 is 19.9 Å². The Morgan fingerprint density at radius 1 is 1.29 bits per heavy atom. The van der Waals surface area contributed by atoms with Gasteiger partial charge in [0.1, 0.15) is 11.5 Å². The first-order chi connectivity index (χ1) is 11.6. The minimum atomic E-state index is -0.781. The molecule has 0 amide bonds. The van der Waals surface area contributed by atoms with Crippen molar-refractivity contribution >= 4 is 11.5 Å². The van der Waals surface area contributed by atoms with Crippen molar-refractivity contribution < 1.29 is 19.4 Å². The molecule has 2 aromatic carbocycles. The number of phenolic OH excluding ortho intramolecular Hbond substituents is 1. The third-order valence-electron chi connectivity index (χ3n) is 3.74. The molecule has 124 valence electrons. The molecule has 1 aliphatic heterocycles. The molecular formula is C19H19NO4. The minimum Gasteiger partial charge on any atom is -0.506 e. The molecule has 0 unspecified atom stereocenters. The fourth-order valence-electron chi connectivity index (χ4n) is 2.53. The maximum Gasteiger partial charge on any atom is 0.232 e. The van der Waals surface area contributed by atoms with E-state index in [1.165, 1.54) is 6.20 Å². The lowest BCUT2D eigenvalue weighted by molar-refractivity contribution is -0.0509. The number of phenols is 1. The van der Waals surface area contributed by atoms with Crippen LogP contribution in [0.4, 0.5) is 5.69 Å². The molecule has 0 saturated carbocycles. The number of anilines is 1. The molecule has 0 saturated heterocycles. The van der Waals surface area contributed by atoms with Crippen LogP contribution in [0.15, 0.2) is 54.2 Å². The number of fused-ring (bicyclic) bond motifs is 1. The van der Waals surface area contributed by atoms with Crippen LogP contribution in [-0.2, 0) is 4.74 Å². The number of benzene rings is 2. The Morgan fingerprint density at radius 3 is 2.83 bits per heavy atom. The number of aryl methyl sites for hydroxylation is 1. The van der Waals surface area contributed by atoms with Crippen molar-refractivity contribution in [1.29, 1.82) is 0 Å². The molecule has 0 aromatic heterocycles. The number of carbonyl (C=O) groups excluding carboxylic acids is 1. The highest BCUT2D eigenvalue weighted by atomic mass is 16.7. The lowest BCUT2D eigenvalue weighted by atomic mass is 9.98. The van der Waals surface area contributed by atoms with Gasteiger partial charge in [-0.3, -0.25) is 4.79 Å². The van der Waals surface area contributed by atoms with Crippen LogP contribution in [0.25, 0.3) is 0 Å². The quantitative estimate of drug-likeness (QED) is 0.663. The molecule has 0 bridgehead atoms. The lowest BCUT2D eigenvalue weighted by Gasteiger charge is -2.27. The van der Waals surface area contributed by atoms with Gasteiger partial charge in [0, 0.05) is 12.8 Å². The van der Waals surface area contributed by atoms with Crippen LogP contribution in [0.3, 0.4) is 0 Å². The molecule has 1 atom stereocenters. The van der Waals surface area contributed by atoms with Crippen molar-refractivity contribution in [2.24, 2.45) is 0 Å². The highest BCUT2D eigenvalue weighted by molar-refractivity contribution is 6.12. The molecule has 2 N–H and O–H groups in total. The van der Waals surface area contributed by atoms with E-state index in [1.54, 1.807) is 36.4 Å². The van der Waals surface area contributed by atoms with Gasteiger partial charge in [-0.15, -0.1) is 0 Å². The summed E-state index contributed by atoms with van der Waals surface area (Å²) in [6.07, 6.45) is 0.749. The molecule has 1 heterocycles. The molecule has 2 aromatic rings. The van der Waals surface area contributed by atoms with Gasteiger partial charge in [0.05, 0.1) is 16.8 Å². The number of nitrogens with one attached hydrogen (secondary N) is 1. The van der Waals surface area contributed by atoms with E-state index >= 15 is 0 Å². The molecule has 0 aliphatic carbocycles. The normalized spacial score (nSPS) is 18.2. The number of ether oxygens (including phenoxy) is 2. The van der Waals surface area contributed by atoms with Crippen LogP contribution >= 0.6 is 0 Å². The van der Waals surface area contributed by atoms with E-state index < -0.39 is 6.29 Å². The molecule has 24 heavy (non-hydrogen) atoms. The van der Waals surface area contributed by atoms with Crippen molar-refractivity contribution in [3.05, 3.63) is 65.4 Å². The Hall–Kier alpha value is -2.79. The fraction of sp³-hybridized carbons (Fsp3) is 0.211. The Balaban J connectivity index is 1.95. The zero-order valence-corrected chi connectivity index (χ0v) is 13.6. The molecule has 1 aliphatic rings. The molecule has 0 radical (unpaired) electrons. The molecule has 0 spiro atoms. The number of ketones is 1. The average molecular weight is 325 g/mol. The second-order valence-corrected chi connectivity index (χ2v) is 5.50. The topological polar surface area (TPSA) is 67.8 Å². The summed E-state index contributed by atoms with van der Waals surface area (Å²) in [5.74, 6) is 0.466. The summed E-state index contributed by atoms with van der Waals surface area (Å²) >= 11 is 0. The first-order valence-corrected chi connectivity index (χ1v) is 7.78. The molecule has 5 nitrogen and oxygen atoms in total. The predicted molar refractivity (Wildman–Crippen MR) is 91.4 cm³/mol. The number of hydrogen-bond acceptors (Lipinski definition) is 5. The molecule has 5 heteroatoms. The van der Waals surface area contributed by atoms with Crippen LogP contribution in [0, 0.1) is 6.92 Å². The number of aromatic hydroxyl groups is 1. The standard InChI is InChI=1S/C19H19NO4/c1-3-23-19-14(11-20-15-6-4-5-7-16(15)21)18(22)13-10-12(2)8-9-17(13)24-19/h4-11,19-21H,3H2,1-2H3/b14-11+/t19-/m0/s1. The van der Waals surface area contributed by atoms with E-state index in [-0.39, 0.29) is 11.5 Å². The Labute approximate surface area is 140 Å². The summed E-state index contributed by atoms with van der Waals surface area (Å²) in [7, 11) is 0. The third kappa shape index (κ3) is 3.12. The van der Waals surface area contributed by atoms with E-state index in [9.17, 15) is 9.90 Å².